The van der Waals surface area contributed by atoms with E-state index in [1.54, 1.807) is 0 Å². The van der Waals surface area contributed by atoms with Gasteiger partial charge in [0.15, 0.2) is 0 Å². The van der Waals surface area contributed by atoms with Crippen molar-refractivity contribution in [3.8, 4) is 0 Å². The van der Waals surface area contributed by atoms with E-state index in [1.807, 2.05) is 36.5 Å². The molecule has 0 aromatic heterocycles. The van der Waals surface area contributed by atoms with Gasteiger partial charge in [-0.25, -0.2) is 36.5 Å². The zero-order chi connectivity index (χ0) is 10.6. The van der Waals surface area contributed by atoms with E-state index in [0.29, 0.717) is 0 Å². The van der Waals surface area contributed by atoms with Gasteiger partial charge in [0.05, 0.1) is 0 Å². The monoisotopic (exact) mass is 371 g/mol. The molecule has 0 saturated heterocycles. The molecule has 0 atom stereocenters. The molecule has 0 heterocycles. The van der Waals surface area contributed by atoms with Crippen LogP contribution in [0.4, 0.5) is 0 Å². The Kier molecular flexibility index (Phi) is 18.4. The van der Waals surface area contributed by atoms with Crippen molar-refractivity contribution in [2.24, 2.45) is 0 Å². The number of halogens is 1. The summed E-state index contributed by atoms with van der Waals surface area (Å²) in [5.74, 6) is 0. The topological polar surface area (TPSA) is 0 Å². The number of hydrogen-bond acceptors (Lipinski definition) is 0. The summed E-state index contributed by atoms with van der Waals surface area (Å²) < 4.78 is 0. The van der Waals surface area contributed by atoms with Crippen LogP contribution in [0.3, 0.4) is 0 Å². The first-order valence-electron chi connectivity index (χ1n) is 5.15. The molecule has 0 bridgehead atoms. The van der Waals surface area contributed by atoms with Crippen LogP contribution >= 0.6 is 12.4 Å². The summed E-state index contributed by atoms with van der Waals surface area (Å²) in [7, 11) is 0. The van der Waals surface area contributed by atoms with E-state index >= 15 is 0 Å². The summed E-state index contributed by atoms with van der Waals surface area (Å²) in [5.41, 5.74) is 0. The van der Waals surface area contributed by atoms with E-state index in [0.717, 1.165) is 19.3 Å². The fourth-order valence-electron chi connectivity index (χ4n) is 1.02. The Morgan fingerprint density at radius 3 is 0.941 bits per heavy atom. The summed E-state index contributed by atoms with van der Waals surface area (Å²) >= 11 is 0. The molecule has 0 amide bonds. The maximum absolute atomic E-state index is 2.99. The van der Waals surface area contributed by atoms with Gasteiger partial charge in [-0.3, -0.25) is 18.2 Å². The molecule has 0 nitrogen and oxygen atoms in total. The summed E-state index contributed by atoms with van der Waals surface area (Å²) in [6, 6.07) is 0. The number of rotatable bonds is 0. The minimum Gasteiger partial charge on any atom is -0.273 e. The van der Waals surface area contributed by atoms with Crippen LogP contribution in [0.2, 0.25) is 0 Å². The van der Waals surface area contributed by atoms with Crippen molar-refractivity contribution >= 4 is 12.4 Å². The molecule has 0 unspecified atom stereocenters. The molecule has 17 heavy (non-hydrogen) atoms. The molecular weight excluding hydrogens is 356 g/mol. The van der Waals surface area contributed by atoms with Gasteiger partial charge in [0.25, 0.3) is 0 Å². The van der Waals surface area contributed by atoms with Crippen LogP contribution in [-0.2, 0) is 0 Å². The van der Waals surface area contributed by atoms with Gasteiger partial charge in [-0.15, -0.1) is 31.7 Å². The Morgan fingerprint density at radius 2 is 0.882 bits per heavy atom. The summed E-state index contributed by atoms with van der Waals surface area (Å²) in [5, 5.41) is 0. The molecule has 3 aliphatic carbocycles. The van der Waals surface area contributed by atoms with Crippen LogP contribution in [0, 0.1) is 60.0 Å². The second-order valence-corrected chi connectivity index (χ2v) is 3.01. The predicted molar refractivity (Wildman–Crippen MR) is 72.0 cm³/mol. The predicted octanol–water partition coefficient (Wildman–Crippen LogP) is 4.34. The average molecular weight is 372 g/mol. The van der Waals surface area contributed by atoms with Crippen LogP contribution in [0.25, 0.3) is 0 Å². The van der Waals surface area contributed by atoms with Gasteiger partial charge in [-0.05, 0) is 0 Å². The van der Waals surface area contributed by atoms with E-state index in [9.17, 15) is 0 Å². The van der Waals surface area contributed by atoms with E-state index in [2.05, 4.69) is 36.5 Å². The molecule has 0 aromatic rings. The van der Waals surface area contributed by atoms with E-state index in [4.69, 9.17) is 0 Å². The Bertz CT molecular complexity index is 238. The molecular formula is C15H16CeCl. The zero-order valence-corrected chi connectivity index (χ0v) is 13.7. The molecule has 0 spiro atoms. The molecule has 0 saturated carbocycles. The Balaban J connectivity index is 0. The minimum absolute atomic E-state index is 0. The van der Waals surface area contributed by atoms with Crippen LogP contribution in [-0.4, -0.2) is 0 Å². The smallest absolute Gasteiger partial charge is 0.273 e. The molecule has 1 radical (unpaired) electrons. The second-order valence-electron chi connectivity index (χ2n) is 3.01. The van der Waals surface area contributed by atoms with Crippen molar-refractivity contribution in [2.45, 2.75) is 19.3 Å². The van der Waals surface area contributed by atoms with Crippen molar-refractivity contribution in [3.63, 3.8) is 0 Å². The number of allylic oxidation sites excluding steroid dienone is 12. The first-order chi connectivity index (χ1) is 7.50. The summed E-state index contributed by atoms with van der Waals surface area (Å²) in [6.45, 7) is 0. The SMILES string of the molecule is Cl.[C-]1=CC=CC1.[C-]1=CC=CC1.[C-]1=CC=CC1.[Ce+3]. The molecule has 0 N–H and O–H groups in total. The molecule has 87 valence electrons. The third-order valence-corrected chi connectivity index (χ3v) is 1.76. The largest absolute Gasteiger partial charge is 3.00 e. The van der Waals surface area contributed by atoms with Crippen LogP contribution in [0.5, 0.6) is 0 Å². The fraction of sp³-hybridized carbons (Fsp3) is 0.200. The summed E-state index contributed by atoms with van der Waals surface area (Å²) in [4.78, 5) is 0. The van der Waals surface area contributed by atoms with Crippen molar-refractivity contribution in [1.29, 1.82) is 0 Å². The van der Waals surface area contributed by atoms with Crippen molar-refractivity contribution < 1.29 is 41.7 Å². The second kappa shape index (κ2) is 16.1. The molecule has 3 aliphatic rings. The van der Waals surface area contributed by atoms with Crippen molar-refractivity contribution in [2.75, 3.05) is 0 Å². The third-order valence-electron chi connectivity index (χ3n) is 1.76. The third kappa shape index (κ3) is 14.0. The van der Waals surface area contributed by atoms with Crippen LogP contribution in [0.15, 0.2) is 54.7 Å². The zero-order valence-electron chi connectivity index (χ0n) is 9.73. The normalized spacial score (nSPS) is 15.5. The molecule has 0 aliphatic heterocycles. The van der Waals surface area contributed by atoms with Gasteiger partial charge in [-0.1, -0.05) is 0 Å². The molecule has 3 rings (SSSR count). The van der Waals surface area contributed by atoms with E-state index in [1.165, 1.54) is 0 Å². The maximum Gasteiger partial charge on any atom is 3.00 e. The standard InChI is InChI=1S/3C5H5.Ce.ClH/c3*1-2-4-5-3-1;;/h3*1-3H,4H2;;1H/q3*-1;+3;. The fourth-order valence-corrected chi connectivity index (χ4v) is 1.02. The van der Waals surface area contributed by atoms with Gasteiger partial charge >= 0.3 is 41.7 Å². The quantitative estimate of drug-likeness (QED) is 0.556. The maximum atomic E-state index is 2.99. The van der Waals surface area contributed by atoms with E-state index in [-0.39, 0.29) is 54.2 Å². The van der Waals surface area contributed by atoms with Gasteiger partial charge in [0, 0.05) is 0 Å². The Labute approximate surface area is 145 Å². The summed E-state index contributed by atoms with van der Waals surface area (Å²) in [6.07, 6.45) is 30.0. The number of hydrogen-bond donors (Lipinski definition) is 0. The van der Waals surface area contributed by atoms with Gasteiger partial charge in [0.2, 0.25) is 0 Å². The van der Waals surface area contributed by atoms with Gasteiger partial charge < -0.3 is 0 Å². The van der Waals surface area contributed by atoms with Crippen molar-refractivity contribution in [1.82, 2.24) is 0 Å². The van der Waals surface area contributed by atoms with Crippen LogP contribution in [0.1, 0.15) is 19.3 Å². The average Bonchev–Trinajstić information content (AvgIpc) is 3.09. The van der Waals surface area contributed by atoms with Crippen molar-refractivity contribution in [3.05, 3.63) is 72.9 Å². The minimum atomic E-state index is 0. The first-order valence-corrected chi connectivity index (χ1v) is 5.15. The van der Waals surface area contributed by atoms with Crippen LogP contribution < -0.4 is 0 Å². The molecule has 0 aromatic carbocycles. The Morgan fingerprint density at radius 1 is 0.588 bits per heavy atom. The molecule has 2 heteroatoms. The Hall–Kier alpha value is 0.107. The van der Waals surface area contributed by atoms with E-state index < -0.39 is 0 Å². The first kappa shape index (κ1) is 19.4. The molecule has 0 fully saturated rings. The van der Waals surface area contributed by atoms with Gasteiger partial charge in [-0.2, -0.15) is 18.2 Å². The van der Waals surface area contributed by atoms with Gasteiger partial charge in [0.1, 0.15) is 0 Å².